The molecule has 0 bridgehead atoms. The van der Waals surface area contributed by atoms with Crippen molar-refractivity contribution in [2.75, 3.05) is 26.2 Å². The smallest absolute Gasteiger partial charge is 0.320 e. The molecule has 0 saturated carbocycles. The first-order chi connectivity index (χ1) is 7.61. The second kappa shape index (κ2) is 6.86. The number of carboxylic acid groups (broad SMARTS) is 1. The molecule has 1 saturated heterocycles. The van der Waals surface area contributed by atoms with Gasteiger partial charge in [0.25, 0.3) is 0 Å². The highest BCUT2D eigenvalue weighted by atomic mass is 16.4. The van der Waals surface area contributed by atoms with Gasteiger partial charge in [-0.1, -0.05) is 13.8 Å². The molecule has 0 aromatic carbocycles. The molecule has 1 aliphatic heterocycles. The van der Waals surface area contributed by atoms with Crippen molar-refractivity contribution in [3.63, 3.8) is 0 Å². The van der Waals surface area contributed by atoms with Crippen molar-refractivity contribution in [1.82, 2.24) is 10.2 Å². The van der Waals surface area contributed by atoms with Gasteiger partial charge in [-0.25, -0.2) is 0 Å². The first-order valence-corrected chi connectivity index (χ1v) is 6.30. The summed E-state index contributed by atoms with van der Waals surface area (Å²) in [7, 11) is 0. The van der Waals surface area contributed by atoms with E-state index in [4.69, 9.17) is 5.11 Å². The van der Waals surface area contributed by atoms with Crippen LogP contribution in [-0.4, -0.2) is 48.2 Å². The largest absolute Gasteiger partial charge is 0.480 e. The summed E-state index contributed by atoms with van der Waals surface area (Å²) in [6, 6.07) is -0.404. The van der Waals surface area contributed by atoms with Crippen molar-refractivity contribution in [2.45, 2.75) is 39.2 Å². The molecular formula is C12H24N2O2. The van der Waals surface area contributed by atoms with Gasteiger partial charge in [-0.15, -0.1) is 0 Å². The fraction of sp³-hybridized carbons (Fsp3) is 0.917. The molecule has 4 heteroatoms. The summed E-state index contributed by atoms with van der Waals surface area (Å²) in [6.07, 6.45) is 3.67. The van der Waals surface area contributed by atoms with Gasteiger partial charge in [-0.05, 0) is 51.4 Å². The molecule has 16 heavy (non-hydrogen) atoms. The first-order valence-electron chi connectivity index (χ1n) is 6.30. The Bertz CT molecular complexity index is 213. The summed E-state index contributed by atoms with van der Waals surface area (Å²) in [4.78, 5) is 13.4. The number of hydrogen-bond acceptors (Lipinski definition) is 3. The summed E-state index contributed by atoms with van der Waals surface area (Å²) in [5.41, 5.74) is 0. The van der Waals surface area contributed by atoms with Crippen LogP contribution in [-0.2, 0) is 4.79 Å². The van der Waals surface area contributed by atoms with Crippen LogP contribution in [0, 0.1) is 5.92 Å². The average molecular weight is 228 g/mol. The third-order valence-corrected chi connectivity index (χ3v) is 3.15. The molecule has 0 spiro atoms. The van der Waals surface area contributed by atoms with Crippen LogP contribution in [0.15, 0.2) is 0 Å². The van der Waals surface area contributed by atoms with Crippen LogP contribution in [0.3, 0.4) is 0 Å². The summed E-state index contributed by atoms with van der Waals surface area (Å²) in [5.74, 6) is -0.597. The van der Waals surface area contributed by atoms with E-state index in [1.807, 2.05) is 13.8 Å². The molecule has 1 rings (SSSR count). The Morgan fingerprint density at radius 1 is 1.38 bits per heavy atom. The SMILES string of the molecule is CC(C)C(NCCCN1CCCC1)C(=O)O. The first kappa shape index (κ1) is 13.5. The number of carbonyl (C=O) groups is 1. The Balaban J connectivity index is 2.10. The molecule has 1 unspecified atom stereocenters. The van der Waals surface area contributed by atoms with E-state index in [0.29, 0.717) is 0 Å². The highest BCUT2D eigenvalue weighted by molar-refractivity contribution is 5.73. The van der Waals surface area contributed by atoms with Crippen LogP contribution in [0.5, 0.6) is 0 Å². The second-order valence-corrected chi connectivity index (χ2v) is 4.92. The third kappa shape index (κ3) is 4.49. The lowest BCUT2D eigenvalue weighted by atomic mass is 10.0. The Hall–Kier alpha value is -0.610. The monoisotopic (exact) mass is 228 g/mol. The highest BCUT2D eigenvalue weighted by Crippen LogP contribution is 2.07. The molecule has 0 aromatic heterocycles. The Labute approximate surface area is 98.0 Å². The zero-order chi connectivity index (χ0) is 12.0. The number of aliphatic carboxylic acids is 1. The maximum Gasteiger partial charge on any atom is 0.320 e. The van der Waals surface area contributed by atoms with Crippen LogP contribution in [0.2, 0.25) is 0 Å². The molecule has 4 nitrogen and oxygen atoms in total. The zero-order valence-electron chi connectivity index (χ0n) is 10.4. The van der Waals surface area contributed by atoms with Gasteiger partial charge >= 0.3 is 5.97 Å². The van der Waals surface area contributed by atoms with Gasteiger partial charge in [0.2, 0.25) is 0 Å². The lowest BCUT2D eigenvalue weighted by Gasteiger charge is -2.19. The summed E-state index contributed by atoms with van der Waals surface area (Å²) in [5, 5.41) is 12.1. The van der Waals surface area contributed by atoms with E-state index in [1.165, 1.54) is 25.9 Å². The maximum atomic E-state index is 10.9. The second-order valence-electron chi connectivity index (χ2n) is 4.92. The molecule has 2 N–H and O–H groups in total. The van der Waals surface area contributed by atoms with Crippen molar-refractivity contribution in [1.29, 1.82) is 0 Å². The molecule has 1 atom stereocenters. The quantitative estimate of drug-likeness (QED) is 0.642. The van der Waals surface area contributed by atoms with Crippen molar-refractivity contribution < 1.29 is 9.90 Å². The molecule has 94 valence electrons. The predicted octanol–water partition coefficient (Wildman–Crippen LogP) is 1.17. The van der Waals surface area contributed by atoms with E-state index in [2.05, 4.69) is 10.2 Å². The van der Waals surface area contributed by atoms with Gasteiger partial charge < -0.3 is 15.3 Å². The number of nitrogens with one attached hydrogen (secondary N) is 1. The zero-order valence-corrected chi connectivity index (χ0v) is 10.4. The van der Waals surface area contributed by atoms with E-state index in [-0.39, 0.29) is 5.92 Å². The van der Waals surface area contributed by atoms with Crippen LogP contribution in [0.1, 0.15) is 33.1 Å². The van der Waals surface area contributed by atoms with E-state index in [9.17, 15) is 4.79 Å². The third-order valence-electron chi connectivity index (χ3n) is 3.15. The van der Waals surface area contributed by atoms with Gasteiger partial charge in [0.1, 0.15) is 6.04 Å². The fourth-order valence-electron chi connectivity index (χ4n) is 2.17. The minimum atomic E-state index is -0.740. The number of carboxylic acids is 1. The molecule has 0 aromatic rings. The van der Waals surface area contributed by atoms with E-state index >= 15 is 0 Å². The van der Waals surface area contributed by atoms with Crippen molar-refractivity contribution >= 4 is 5.97 Å². The highest BCUT2D eigenvalue weighted by Gasteiger charge is 2.20. The Kier molecular flexibility index (Phi) is 5.77. The van der Waals surface area contributed by atoms with Crippen LogP contribution >= 0.6 is 0 Å². The predicted molar refractivity (Wildman–Crippen MR) is 64.6 cm³/mol. The normalized spacial score (nSPS) is 19.2. The summed E-state index contributed by atoms with van der Waals surface area (Å²) < 4.78 is 0. The van der Waals surface area contributed by atoms with E-state index < -0.39 is 12.0 Å². The summed E-state index contributed by atoms with van der Waals surface area (Å²) in [6.45, 7) is 8.20. The van der Waals surface area contributed by atoms with Gasteiger partial charge in [-0.2, -0.15) is 0 Å². The lowest BCUT2D eigenvalue weighted by Crippen LogP contribution is -2.42. The van der Waals surface area contributed by atoms with Crippen LogP contribution in [0.25, 0.3) is 0 Å². The molecule has 0 aliphatic carbocycles. The molecule has 1 aliphatic rings. The number of nitrogens with zero attached hydrogens (tertiary/aromatic N) is 1. The van der Waals surface area contributed by atoms with Gasteiger partial charge in [0, 0.05) is 0 Å². The maximum absolute atomic E-state index is 10.9. The lowest BCUT2D eigenvalue weighted by molar-refractivity contribution is -0.140. The fourth-order valence-corrected chi connectivity index (χ4v) is 2.17. The molecule has 0 amide bonds. The standard InChI is InChI=1S/C12H24N2O2/c1-10(2)11(12(15)16)13-6-5-9-14-7-3-4-8-14/h10-11,13H,3-9H2,1-2H3,(H,15,16). The number of hydrogen-bond donors (Lipinski definition) is 2. The van der Waals surface area contributed by atoms with Crippen LogP contribution in [0.4, 0.5) is 0 Å². The molecule has 1 fully saturated rings. The van der Waals surface area contributed by atoms with Gasteiger partial charge in [0.05, 0.1) is 0 Å². The number of rotatable bonds is 7. The molecular weight excluding hydrogens is 204 g/mol. The average Bonchev–Trinajstić information content (AvgIpc) is 2.68. The number of likely N-dealkylation sites (tertiary alicyclic amines) is 1. The molecule has 0 radical (unpaired) electrons. The Morgan fingerprint density at radius 2 is 2.00 bits per heavy atom. The van der Waals surface area contributed by atoms with E-state index in [0.717, 1.165) is 19.5 Å². The Morgan fingerprint density at radius 3 is 2.50 bits per heavy atom. The van der Waals surface area contributed by atoms with Gasteiger partial charge in [-0.3, -0.25) is 4.79 Å². The van der Waals surface area contributed by atoms with Crippen molar-refractivity contribution in [3.05, 3.63) is 0 Å². The van der Waals surface area contributed by atoms with Crippen molar-refractivity contribution in [2.24, 2.45) is 5.92 Å². The van der Waals surface area contributed by atoms with Crippen molar-refractivity contribution in [3.8, 4) is 0 Å². The van der Waals surface area contributed by atoms with Gasteiger partial charge in [0.15, 0.2) is 0 Å². The molecule has 1 heterocycles. The topological polar surface area (TPSA) is 52.6 Å². The summed E-state index contributed by atoms with van der Waals surface area (Å²) >= 11 is 0. The minimum absolute atomic E-state index is 0.143. The minimum Gasteiger partial charge on any atom is -0.480 e. The van der Waals surface area contributed by atoms with Crippen LogP contribution < -0.4 is 5.32 Å². The van der Waals surface area contributed by atoms with E-state index in [1.54, 1.807) is 0 Å².